The number of piperidine rings is 1. The quantitative estimate of drug-likeness (QED) is 0.719. The number of hydrogen-bond donors (Lipinski definition) is 1. The van der Waals surface area contributed by atoms with E-state index >= 15 is 0 Å². The van der Waals surface area contributed by atoms with Crippen molar-refractivity contribution in [1.29, 1.82) is 0 Å². The van der Waals surface area contributed by atoms with Crippen LogP contribution in [0.3, 0.4) is 0 Å². The third-order valence-electron chi connectivity index (χ3n) is 8.13. The molecule has 1 aromatic carbocycles. The molecule has 0 aromatic heterocycles. The van der Waals surface area contributed by atoms with Gasteiger partial charge in [-0.3, -0.25) is 4.90 Å². The molecule has 3 fully saturated rings. The third kappa shape index (κ3) is 3.64. The summed E-state index contributed by atoms with van der Waals surface area (Å²) in [6.07, 6.45) is 2.47. The van der Waals surface area contributed by atoms with Gasteiger partial charge in [-0.1, -0.05) is 32.9 Å². The van der Waals surface area contributed by atoms with Gasteiger partial charge in [0, 0.05) is 18.9 Å². The van der Waals surface area contributed by atoms with E-state index in [1.165, 1.54) is 0 Å². The van der Waals surface area contributed by atoms with Gasteiger partial charge in [0.1, 0.15) is 11.9 Å². The number of carbonyl (C=O) groups is 1. The molecule has 3 heterocycles. The zero-order valence-corrected chi connectivity index (χ0v) is 19.9. The fourth-order valence-corrected chi connectivity index (χ4v) is 5.54. The van der Waals surface area contributed by atoms with Gasteiger partial charge < -0.3 is 19.2 Å². The molecule has 2 bridgehead atoms. The van der Waals surface area contributed by atoms with Crippen LogP contribution >= 0.6 is 0 Å². The first-order valence-electron chi connectivity index (χ1n) is 11.4. The Morgan fingerprint density at radius 3 is 2.23 bits per heavy atom. The van der Waals surface area contributed by atoms with Crippen molar-refractivity contribution in [2.24, 2.45) is 5.41 Å². The predicted molar refractivity (Wildman–Crippen MR) is 121 cm³/mol. The molecule has 1 N–H and O–H groups in total. The minimum Gasteiger partial charge on any atom is -0.490 e. The summed E-state index contributed by atoms with van der Waals surface area (Å²) in [5.74, 6) is 0.803. The Bertz CT molecular complexity index is 831. The second-order valence-corrected chi connectivity index (χ2v) is 11.5. The van der Waals surface area contributed by atoms with Gasteiger partial charge in [0.05, 0.1) is 16.7 Å². The van der Waals surface area contributed by atoms with E-state index in [4.69, 9.17) is 14.0 Å². The second kappa shape index (κ2) is 7.14. The van der Waals surface area contributed by atoms with Gasteiger partial charge >= 0.3 is 13.2 Å². The van der Waals surface area contributed by atoms with Crippen LogP contribution in [-0.2, 0) is 9.31 Å². The summed E-state index contributed by atoms with van der Waals surface area (Å²) in [7, 11) is -0.391. The van der Waals surface area contributed by atoms with Crippen LogP contribution in [0.2, 0.25) is 0 Å². The van der Waals surface area contributed by atoms with Gasteiger partial charge in [0.2, 0.25) is 0 Å². The van der Waals surface area contributed by atoms with Gasteiger partial charge in [-0.15, -0.1) is 0 Å². The highest BCUT2D eigenvalue weighted by molar-refractivity contribution is 6.62. The number of carboxylic acid groups (broad SMARTS) is 1. The van der Waals surface area contributed by atoms with Crippen LogP contribution in [-0.4, -0.2) is 52.1 Å². The van der Waals surface area contributed by atoms with Crippen molar-refractivity contribution in [1.82, 2.24) is 4.90 Å². The van der Waals surface area contributed by atoms with Crippen molar-refractivity contribution >= 4 is 18.7 Å². The normalized spacial score (nSPS) is 31.7. The Morgan fingerprint density at radius 2 is 1.71 bits per heavy atom. The van der Waals surface area contributed by atoms with Crippen LogP contribution in [0.15, 0.2) is 24.3 Å². The second-order valence-electron chi connectivity index (χ2n) is 11.5. The molecule has 3 aliphatic rings. The molecule has 3 saturated heterocycles. The summed E-state index contributed by atoms with van der Waals surface area (Å²) in [6, 6.07) is 7.96. The summed E-state index contributed by atoms with van der Waals surface area (Å²) in [4.78, 5) is 13.8. The number of amides is 1. The average Bonchev–Trinajstić information content (AvgIpc) is 3.02. The number of rotatable bonds is 3. The van der Waals surface area contributed by atoms with E-state index in [9.17, 15) is 9.90 Å². The Balaban J connectivity index is 1.48. The van der Waals surface area contributed by atoms with Crippen LogP contribution in [0, 0.1) is 5.41 Å². The lowest BCUT2D eigenvalue weighted by molar-refractivity contribution is -0.0520. The van der Waals surface area contributed by atoms with E-state index in [0.29, 0.717) is 0 Å². The van der Waals surface area contributed by atoms with Crippen molar-refractivity contribution in [2.45, 2.75) is 103 Å². The molecule has 0 spiro atoms. The van der Waals surface area contributed by atoms with Crippen LogP contribution < -0.4 is 10.2 Å². The van der Waals surface area contributed by atoms with E-state index in [1.54, 1.807) is 4.90 Å². The maximum Gasteiger partial charge on any atom is 0.494 e. The number of hydrogen-bond acceptors (Lipinski definition) is 4. The SMILES string of the molecule is CC1(C)OB(c2ccc(O[C@@H]3C[C@@H]4CC[C@](C(C)(C)C)(C3)N4C(=O)O)cc2)OC1(C)C. The van der Waals surface area contributed by atoms with Crippen LogP contribution in [0.1, 0.15) is 74.1 Å². The van der Waals surface area contributed by atoms with Gasteiger partial charge in [-0.2, -0.15) is 0 Å². The molecule has 0 unspecified atom stereocenters. The third-order valence-corrected chi connectivity index (χ3v) is 8.13. The highest BCUT2D eigenvalue weighted by Crippen LogP contribution is 2.53. The zero-order valence-electron chi connectivity index (χ0n) is 19.9. The average molecular weight is 429 g/mol. The van der Waals surface area contributed by atoms with E-state index in [0.717, 1.165) is 36.9 Å². The number of ether oxygens (including phenoxy) is 1. The maximum absolute atomic E-state index is 12.0. The molecule has 3 aliphatic heterocycles. The summed E-state index contributed by atoms with van der Waals surface area (Å²) in [5.41, 5.74) is -0.299. The van der Waals surface area contributed by atoms with Gasteiger partial charge in [0.25, 0.3) is 0 Å². The topological polar surface area (TPSA) is 68.2 Å². The lowest BCUT2D eigenvalue weighted by atomic mass is 9.68. The summed E-state index contributed by atoms with van der Waals surface area (Å²) in [5, 5.41) is 9.89. The van der Waals surface area contributed by atoms with Crippen molar-refractivity contribution in [2.75, 3.05) is 0 Å². The van der Waals surface area contributed by atoms with E-state index in [-0.39, 0.29) is 34.3 Å². The molecule has 31 heavy (non-hydrogen) atoms. The molecule has 0 radical (unpaired) electrons. The number of nitrogens with zero attached hydrogens (tertiary/aromatic N) is 1. The predicted octanol–water partition coefficient (Wildman–Crippen LogP) is 4.45. The molecule has 7 heteroatoms. The molecule has 1 amide bonds. The highest BCUT2D eigenvalue weighted by atomic mass is 16.7. The summed E-state index contributed by atoms with van der Waals surface area (Å²) in [6.45, 7) is 14.6. The Labute approximate surface area is 186 Å². The molecule has 1 aromatic rings. The fraction of sp³-hybridized carbons (Fsp3) is 0.708. The van der Waals surface area contributed by atoms with Crippen molar-refractivity contribution < 1.29 is 23.9 Å². The maximum atomic E-state index is 12.0. The zero-order chi connectivity index (χ0) is 22.8. The van der Waals surface area contributed by atoms with Crippen molar-refractivity contribution in [3.8, 4) is 5.75 Å². The van der Waals surface area contributed by atoms with E-state index in [2.05, 4.69) is 20.8 Å². The monoisotopic (exact) mass is 429 g/mol. The van der Waals surface area contributed by atoms with Crippen molar-refractivity contribution in [3.05, 3.63) is 24.3 Å². The highest BCUT2D eigenvalue weighted by Gasteiger charge is 2.60. The van der Waals surface area contributed by atoms with E-state index < -0.39 is 13.2 Å². The molecular formula is C24H36BNO5. The first-order valence-corrected chi connectivity index (χ1v) is 11.4. The van der Waals surface area contributed by atoms with Crippen LogP contribution in [0.5, 0.6) is 5.75 Å². The largest absolute Gasteiger partial charge is 0.494 e. The molecule has 0 saturated carbocycles. The molecule has 0 aliphatic carbocycles. The molecule has 4 rings (SSSR count). The first kappa shape index (κ1) is 22.5. The van der Waals surface area contributed by atoms with Crippen molar-refractivity contribution in [3.63, 3.8) is 0 Å². The fourth-order valence-electron chi connectivity index (χ4n) is 5.54. The Hall–Kier alpha value is -1.73. The molecule has 170 valence electrons. The number of fused-ring (bicyclic) bond motifs is 2. The molecular weight excluding hydrogens is 393 g/mol. The Morgan fingerprint density at radius 1 is 1.13 bits per heavy atom. The molecule has 3 atom stereocenters. The van der Waals surface area contributed by atoms with Gasteiger partial charge in [0.15, 0.2) is 0 Å². The lowest BCUT2D eigenvalue weighted by Crippen LogP contribution is -2.62. The van der Waals surface area contributed by atoms with Gasteiger partial charge in [-0.05, 0) is 63.5 Å². The minimum absolute atomic E-state index is 0.00465. The standard InChI is InChI=1S/C24H36BNO5/c1-21(2,3)24-13-12-17(26(24)20(27)28)14-19(15-24)29-18-10-8-16(9-11-18)25-30-22(4,5)23(6,7)31-25/h8-11,17,19H,12-15H2,1-7H3,(H,27,28)/t17-,19+,24+/m0/s1. The van der Waals surface area contributed by atoms with Crippen LogP contribution in [0.4, 0.5) is 4.79 Å². The Kier molecular flexibility index (Phi) is 5.18. The minimum atomic E-state index is -0.803. The van der Waals surface area contributed by atoms with Crippen LogP contribution in [0.25, 0.3) is 0 Å². The van der Waals surface area contributed by atoms with Gasteiger partial charge in [-0.25, -0.2) is 4.79 Å². The summed E-state index contributed by atoms with van der Waals surface area (Å²) >= 11 is 0. The molecule has 6 nitrogen and oxygen atoms in total. The number of benzene rings is 1. The summed E-state index contributed by atoms with van der Waals surface area (Å²) < 4.78 is 18.7. The van der Waals surface area contributed by atoms with E-state index in [1.807, 2.05) is 52.0 Å². The smallest absolute Gasteiger partial charge is 0.490 e. The lowest BCUT2D eigenvalue weighted by Gasteiger charge is -2.53. The first-order chi connectivity index (χ1) is 14.3.